The van der Waals surface area contributed by atoms with E-state index in [-0.39, 0.29) is 28.0 Å². The molecule has 0 unspecified atom stereocenters. The van der Waals surface area contributed by atoms with Crippen molar-refractivity contribution in [2.24, 2.45) is 5.92 Å². The summed E-state index contributed by atoms with van der Waals surface area (Å²) in [6, 6.07) is 3.57. The van der Waals surface area contributed by atoms with Gasteiger partial charge < -0.3 is 15.0 Å². The maximum atomic E-state index is 13.6. The van der Waals surface area contributed by atoms with Crippen molar-refractivity contribution >= 4 is 38.0 Å². The van der Waals surface area contributed by atoms with Crippen molar-refractivity contribution in [3.63, 3.8) is 0 Å². The molecule has 2 N–H and O–H groups in total. The van der Waals surface area contributed by atoms with E-state index in [1.165, 1.54) is 10.7 Å². The van der Waals surface area contributed by atoms with Crippen LogP contribution < -0.4 is 14.9 Å². The smallest absolute Gasteiger partial charge is 0.291 e. The summed E-state index contributed by atoms with van der Waals surface area (Å²) in [6.45, 7) is 7.82. The Bertz CT molecular complexity index is 1370. The van der Waals surface area contributed by atoms with Gasteiger partial charge in [-0.25, -0.2) is 26.6 Å². The van der Waals surface area contributed by atoms with E-state index in [9.17, 15) is 17.2 Å². The van der Waals surface area contributed by atoms with Crippen LogP contribution in [0.25, 0.3) is 16.0 Å². The number of alkyl halides is 2. The first-order valence-corrected chi connectivity index (χ1v) is 14.0. The highest BCUT2D eigenvalue weighted by molar-refractivity contribution is 7.89. The Morgan fingerprint density at radius 1 is 1.28 bits per heavy atom. The van der Waals surface area contributed by atoms with Gasteiger partial charge >= 0.3 is 0 Å². The summed E-state index contributed by atoms with van der Waals surface area (Å²) in [7, 11) is -2.32. The minimum Gasteiger partial charge on any atom is -0.384 e. The van der Waals surface area contributed by atoms with Crippen LogP contribution in [-0.2, 0) is 14.8 Å². The largest absolute Gasteiger partial charge is 0.384 e. The highest BCUT2D eigenvalue weighted by Crippen LogP contribution is 2.44. The van der Waals surface area contributed by atoms with Crippen molar-refractivity contribution in [1.82, 2.24) is 30.0 Å². The van der Waals surface area contributed by atoms with E-state index in [0.29, 0.717) is 42.7 Å². The van der Waals surface area contributed by atoms with Crippen LogP contribution in [0.15, 0.2) is 23.2 Å². The van der Waals surface area contributed by atoms with E-state index < -0.39 is 27.0 Å². The fourth-order valence-electron chi connectivity index (χ4n) is 4.96. The van der Waals surface area contributed by atoms with Gasteiger partial charge in [-0.1, -0.05) is 11.3 Å². The number of aromatic nitrogens is 4. The van der Waals surface area contributed by atoms with Crippen LogP contribution in [0.1, 0.15) is 38.6 Å². The van der Waals surface area contributed by atoms with Crippen molar-refractivity contribution < 1.29 is 21.9 Å². The van der Waals surface area contributed by atoms with Gasteiger partial charge in [-0.3, -0.25) is 0 Å². The Kier molecular flexibility index (Phi) is 6.52. The van der Waals surface area contributed by atoms with E-state index in [2.05, 4.69) is 44.1 Å². The Labute approximate surface area is 212 Å². The number of halogens is 2. The maximum absolute atomic E-state index is 13.6. The first-order valence-electron chi connectivity index (χ1n) is 11.7. The van der Waals surface area contributed by atoms with Crippen LogP contribution >= 0.6 is 11.3 Å². The number of anilines is 1. The van der Waals surface area contributed by atoms with E-state index in [0.717, 1.165) is 11.3 Å². The third-order valence-corrected chi connectivity index (χ3v) is 9.29. The lowest BCUT2D eigenvalue weighted by molar-refractivity contribution is 0.150. The summed E-state index contributed by atoms with van der Waals surface area (Å²) in [5.41, 5.74) is 0.582. The van der Waals surface area contributed by atoms with Crippen molar-refractivity contribution in [2.45, 2.75) is 56.1 Å². The molecule has 1 saturated carbocycles. The molecular formula is C22H29F2N7O3S2. The molecule has 1 saturated heterocycles. The lowest BCUT2D eigenvalue weighted by Gasteiger charge is -2.38. The summed E-state index contributed by atoms with van der Waals surface area (Å²) >= 11 is 0.721. The zero-order valence-electron chi connectivity index (χ0n) is 20.4. The van der Waals surface area contributed by atoms with Gasteiger partial charge in [0.25, 0.3) is 6.43 Å². The number of sulfonamides is 1. The molecule has 1 aliphatic heterocycles. The topological polar surface area (TPSA) is 114 Å². The zero-order chi connectivity index (χ0) is 25.8. The minimum atomic E-state index is -3.91. The number of fused-ring (bicyclic) bond motifs is 1. The number of hydrogen-bond donors (Lipinski definition) is 2. The number of nitrogens with one attached hydrogen (secondary N) is 2. The maximum Gasteiger partial charge on any atom is 0.291 e. The molecule has 196 valence electrons. The van der Waals surface area contributed by atoms with Crippen LogP contribution in [0.5, 0.6) is 0 Å². The summed E-state index contributed by atoms with van der Waals surface area (Å²) in [4.78, 5) is 2.21. The van der Waals surface area contributed by atoms with Gasteiger partial charge in [-0.15, -0.1) is 10.2 Å². The SMILES string of the molecule is COC[C@@H]1C[C@@]1(C)NS(=O)(=O)c1cc(N2C[C@H](C)N[C@@H](C)C2)c2cnn(-c3nnc(C(F)F)s3)c2c1. The lowest BCUT2D eigenvalue weighted by atomic mass is 10.1. The number of ether oxygens (including phenoxy) is 1. The van der Waals surface area contributed by atoms with E-state index in [1.54, 1.807) is 19.4 Å². The van der Waals surface area contributed by atoms with Crippen LogP contribution in [-0.4, -0.2) is 72.8 Å². The Morgan fingerprint density at radius 3 is 2.64 bits per heavy atom. The number of nitrogens with zero attached hydrogens (tertiary/aromatic N) is 5. The van der Waals surface area contributed by atoms with Crippen LogP contribution in [0.3, 0.4) is 0 Å². The molecule has 0 radical (unpaired) electrons. The van der Waals surface area contributed by atoms with Gasteiger partial charge in [0.1, 0.15) is 0 Å². The van der Waals surface area contributed by atoms with Gasteiger partial charge in [-0.05, 0) is 39.3 Å². The third kappa shape index (κ3) is 4.72. The second-order valence-electron chi connectivity index (χ2n) is 9.91. The number of benzene rings is 1. The molecular weight excluding hydrogens is 512 g/mol. The molecule has 2 fully saturated rings. The fraction of sp³-hybridized carbons (Fsp3) is 0.591. The molecule has 0 spiro atoms. The first-order chi connectivity index (χ1) is 17.0. The molecule has 0 bridgehead atoms. The average molecular weight is 542 g/mol. The van der Waals surface area contributed by atoms with Crippen LogP contribution in [0, 0.1) is 5.92 Å². The predicted molar refractivity (Wildman–Crippen MR) is 132 cm³/mol. The third-order valence-electron chi connectivity index (χ3n) is 6.79. The van der Waals surface area contributed by atoms with E-state index in [4.69, 9.17) is 4.74 Å². The lowest BCUT2D eigenvalue weighted by Crippen LogP contribution is -2.54. The second-order valence-corrected chi connectivity index (χ2v) is 12.6. The van der Waals surface area contributed by atoms with Crippen molar-refractivity contribution in [1.29, 1.82) is 0 Å². The van der Waals surface area contributed by atoms with Crippen molar-refractivity contribution in [3.05, 3.63) is 23.3 Å². The molecule has 1 aromatic carbocycles. The monoisotopic (exact) mass is 541 g/mol. The first kappa shape index (κ1) is 25.4. The standard InChI is InChI=1S/C22H29F2N7O3S2/c1-12-9-30(10-13(2)26-12)17-5-15(36(32,33)29-22(3)7-14(22)11-34-4)6-18-16(17)8-25-31(18)21-28-27-20(35-21)19(23)24/h5-6,8,12-14,19,26,29H,7,9-11H2,1-4H3/t12-,13-,14-,22+/m0/s1. The minimum absolute atomic E-state index is 0.0773. The summed E-state index contributed by atoms with van der Waals surface area (Å²) in [6.07, 6.45) is -0.454. The average Bonchev–Trinajstić information content (AvgIpc) is 3.16. The molecule has 36 heavy (non-hydrogen) atoms. The fourth-order valence-corrected chi connectivity index (χ4v) is 7.15. The van der Waals surface area contributed by atoms with E-state index >= 15 is 0 Å². The Balaban J connectivity index is 1.61. The zero-order valence-corrected chi connectivity index (χ0v) is 22.0. The molecule has 10 nitrogen and oxygen atoms in total. The van der Waals surface area contributed by atoms with Gasteiger partial charge in [0.2, 0.25) is 15.2 Å². The van der Waals surface area contributed by atoms with Gasteiger partial charge in [0, 0.05) is 54.8 Å². The molecule has 2 aliphatic rings. The summed E-state index contributed by atoms with van der Waals surface area (Å²) in [5, 5.41) is 15.7. The molecule has 1 aliphatic carbocycles. The number of methoxy groups -OCH3 is 1. The number of hydrogen-bond acceptors (Lipinski definition) is 9. The number of piperazine rings is 1. The molecule has 14 heteroatoms. The van der Waals surface area contributed by atoms with Gasteiger partial charge in [-0.2, -0.15) is 5.10 Å². The van der Waals surface area contributed by atoms with Crippen LogP contribution in [0.2, 0.25) is 0 Å². The van der Waals surface area contributed by atoms with E-state index in [1.807, 2.05) is 6.92 Å². The van der Waals surface area contributed by atoms with Crippen molar-refractivity contribution in [3.8, 4) is 5.13 Å². The predicted octanol–water partition coefficient (Wildman–Crippen LogP) is 2.70. The van der Waals surface area contributed by atoms with Crippen molar-refractivity contribution in [2.75, 3.05) is 31.7 Å². The quantitative estimate of drug-likeness (QED) is 0.448. The van der Waals surface area contributed by atoms with Gasteiger partial charge in [0.05, 0.1) is 23.2 Å². The molecule has 4 atom stereocenters. The molecule has 0 amide bonds. The highest BCUT2D eigenvalue weighted by Gasteiger charge is 2.52. The highest BCUT2D eigenvalue weighted by atomic mass is 32.2. The Morgan fingerprint density at radius 2 is 2.00 bits per heavy atom. The summed E-state index contributed by atoms with van der Waals surface area (Å²) in [5.74, 6) is 0.0926. The normalized spacial score (nSPS) is 26.8. The molecule has 2 aromatic heterocycles. The second kappa shape index (κ2) is 9.24. The number of rotatable bonds is 8. The van der Waals surface area contributed by atoms with Gasteiger partial charge in [0.15, 0.2) is 5.01 Å². The molecule has 5 rings (SSSR count). The molecule has 3 aromatic rings. The Hall–Kier alpha value is -2.26. The summed E-state index contributed by atoms with van der Waals surface area (Å²) < 4.78 is 62.9. The molecule has 3 heterocycles. The van der Waals surface area contributed by atoms with Crippen LogP contribution in [0.4, 0.5) is 14.5 Å².